The smallest absolute Gasteiger partial charge is 0.213 e. The lowest BCUT2D eigenvalue weighted by atomic mass is 9.92. The topological polar surface area (TPSA) is 71.0 Å². The molecule has 1 aromatic rings. The molecule has 1 atom stereocenters. The van der Waals surface area contributed by atoms with Crippen LogP contribution in [0.15, 0.2) is 23.3 Å². The van der Waals surface area contributed by atoms with E-state index in [1.165, 1.54) is 12.8 Å². The van der Waals surface area contributed by atoms with Crippen LogP contribution in [0.5, 0.6) is 5.88 Å². The molecule has 1 aromatic heterocycles. The lowest BCUT2D eigenvalue weighted by Crippen LogP contribution is -2.53. The number of guanidine groups is 1. The molecule has 2 rings (SSSR count). The Hall–Kier alpha value is -1.13. The molecule has 1 aliphatic heterocycles. The van der Waals surface area contributed by atoms with Gasteiger partial charge in [-0.25, -0.2) is 4.98 Å². The fraction of sp³-hybridized carbons (Fsp3) is 0.714. The standard InChI is InChI=1S/C21H37N5O2.HI/c1-5-18(6-2)19(26-10-12-27-13-11-26)16-25-21(22-4)24-15-17-8-9-23-20(14-17)28-7-3;/h8-9,14,18-19H,5-7,10-13,15-16H2,1-4H3,(H2,22,24,25);1H. The summed E-state index contributed by atoms with van der Waals surface area (Å²) in [4.78, 5) is 11.2. The Morgan fingerprint density at radius 1 is 1.24 bits per heavy atom. The van der Waals surface area contributed by atoms with Crippen LogP contribution in [0.3, 0.4) is 0 Å². The molecule has 0 spiro atoms. The third-order valence-corrected chi connectivity index (χ3v) is 5.36. The number of morpholine rings is 1. The lowest BCUT2D eigenvalue weighted by molar-refractivity contribution is 0.00272. The number of rotatable bonds is 10. The zero-order valence-corrected chi connectivity index (χ0v) is 20.6. The molecule has 1 fully saturated rings. The fourth-order valence-electron chi connectivity index (χ4n) is 3.73. The van der Waals surface area contributed by atoms with Crippen molar-refractivity contribution in [1.29, 1.82) is 0 Å². The summed E-state index contributed by atoms with van der Waals surface area (Å²) < 4.78 is 11.0. The normalized spacial score (nSPS) is 16.2. The van der Waals surface area contributed by atoms with Crippen LogP contribution in [-0.4, -0.2) is 68.4 Å². The minimum Gasteiger partial charge on any atom is -0.478 e. The van der Waals surface area contributed by atoms with E-state index >= 15 is 0 Å². The first kappa shape index (κ1) is 25.9. The summed E-state index contributed by atoms with van der Waals surface area (Å²) in [5.74, 6) is 2.14. The van der Waals surface area contributed by atoms with Gasteiger partial charge in [0.05, 0.1) is 19.8 Å². The van der Waals surface area contributed by atoms with Crippen LogP contribution in [0.25, 0.3) is 0 Å². The predicted molar refractivity (Wildman–Crippen MR) is 129 cm³/mol. The summed E-state index contributed by atoms with van der Waals surface area (Å²) in [7, 11) is 1.81. The Morgan fingerprint density at radius 2 is 1.97 bits per heavy atom. The molecule has 1 aliphatic rings. The highest BCUT2D eigenvalue weighted by Crippen LogP contribution is 2.19. The van der Waals surface area contributed by atoms with E-state index in [0.717, 1.165) is 44.4 Å². The van der Waals surface area contributed by atoms with Crippen molar-refractivity contribution < 1.29 is 9.47 Å². The van der Waals surface area contributed by atoms with Gasteiger partial charge in [-0.3, -0.25) is 9.89 Å². The summed E-state index contributed by atoms with van der Waals surface area (Å²) >= 11 is 0. The van der Waals surface area contributed by atoms with Crippen LogP contribution in [0.4, 0.5) is 0 Å². The molecular formula is C21H38IN5O2. The van der Waals surface area contributed by atoms with Crippen LogP contribution in [0.2, 0.25) is 0 Å². The van der Waals surface area contributed by atoms with E-state index in [0.29, 0.717) is 31.0 Å². The second-order valence-electron chi connectivity index (χ2n) is 7.03. The maximum Gasteiger partial charge on any atom is 0.213 e. The maximum absolute atomic E-state index is 5.54. The predicted octanol–water partition coefficient (Wildman–Crippen LogP) is 2.90. The van der Waals surface area contributed by atoms with Crippen LogP contribution < -0.4 is 15.4 Å². The van der Waals surface area contributed by atoms with Crippen molar-refractivity contribution >= 4 is 29.9 Å². The summed E-state index contributed by atoms with van der Waals surface area (Å²) in [6.07, 6.45) is 4.15. The molecule has 1 saturated heterocycles. The molecule has 0 saturated carbocycles. The van der Waals surface area contributed by atoms with Crippen LogP contribution in [0.1, 0.15) is 39.2 Å². The van der Waals surface area contributed by atoms with E-state index in [9.17, 15) is 0 Å². The molecule has 7 nitrogen and oxygen atoms in total. The van der Waals surface area contributed by atoms with Gasteiger partial charge in [0.2, 0.25) is 5.88 Å². The average molecular weight is 519 g/mol. The Kier molecular flexibility index (Phi) is 13.2. The van der Waals surface area contributed by atoms with Gasteiger partial charge >= 0.3 is 0 Å². The molecule has 29 heavy (non-hydrogen) atoms. The molecular weight excluding hydrogens is 481 g/mol. The number of nitrogens with zero attached hydrogens (tertiary/aromatic N) is 3. The van der Waals surface area contributed by atoms with Crippen molar-refractivity contribution in [1.82, 2.24) is 20.5 Å². The second kappa shape index (κ2) is 14.8. The Morgan fingerprint density at radius 3 is 2.59 bits per heavy atom. The van der Waals surface area contributed by atoms with Gasteiger partial charge in [-0.2, -0.15) is 0 Å². The monoisotopic (exact) mass is 519 g/mol. The Balaban J connectivity index is 0.00000420. The highest BCUT2D eigenvalue weighted by Gasteiger charge is 2.26. The molecule has 8 heteroatoms. The van der Waals surface area contributed by atoms with Crippen LogP contribution >= 0.6 is 24.0 Å². The van der Waals surface area contributed by atoms with Crippen LogP contribution in [0, 0.1) is 5.92 Å². The molecule has 2 heterocycles. The zero-order valence-electron chi connectivity index (χ0n) is 18.3. The van der Waals surface area contributed by atoms with E-state index in [1.807, 2.05) is 26.1 Å². The van der Waals surface area contributed by atoms with Crippen molar-refractivity contribution in [3.05, 3.63) is 23.9 Å². The highest BCUT2D eigenvalue weighted by atomic mass is 127. The van der Waals surface area contributed by atoms with Crippen molar-refractivity contribution in [2.24, 2.45) is 10.9 Å². The summed E-state index contributed by atoms with van der Waals surface area (Å²) in [6.45, 7) is 12.4. The summed E-state index contributed by atoms with van der Waals surface area (Å²) in [5.41, 5.74) is 1.12. The number of ether oxygens (including phenoxy) is 2. The van der Waals surface area contributed by atoms with Gasteiger partial charge in [-0.15, -0.1) is 24.0 Å². The number of nitrogens with one attached hydrogen (secondary N) is 2. The van der Waals surface area contributed by atoms with E-state index < -0.39 is 0 Å². The van der Waals surface area contributed by atoms with Gasteiger partial charge in [0.25, 0.3) is 0 Å². The Bertz CT molecular complexity index is 592. The number of halogens is 1. The van der Waals surface area contributed by atoms with E-state index in [-0.39, 0.29) is 24.0 Å². The third kappa shape index (κ3) is 8.64. The molecule has 0 bridgehead atoms. The largest absolute Gasteiger partial charge is 0.478 e. The van der Waals surface area contributed by atoms with Crippen LogP contribution in [-0.2, 0) is 11.3 Å². The number of hydrogen-bond donors (Lipinski definition) is 2. The second-order valence-corrected chi connectivity index (χ2v) is 7.03. The molecule has 0 aromatic carbocycles. The summed E-state index contributed by atoms with van der Waals surface area (Å²) in [5, 5.41) is 6.94. The van der Waals surface area contributed by atoms with Gasteiger partial charge in [-0.05, 0) is 24.5 Å². The zero-order chi connectivity index (χ0) is 20.2. The van der Waals surface area contributed by atoms with Gasteiger partial charge < -0.3 is 20.1 Å². The Labute approximate surface area is 193 Å². The fourth-order valence-corrected chi connectivity index (χ4v) is 3.73. The minimum atomic E-state index is 0. The van der Waals surface area contributed by atoms with Crippen molar-refractivity contribution in [2.45, 2.75) is 46.2 Å². The van der Waals surface area contributed by atoms with Crippen molar-refractivity contribution in [2.75, 3.05) is 46.5 Å². The number of pyridine rings is 1. The number of aromatic nitrogens is 1. The maximum atomic E-state index is 5.54. The number of aliphatic imine (C=N–C) groups is 1. The molecule has 0 aliphatic carbocycles. The van der Waals surface area contributed by atoms with Crippen molar-refractivity contribution in [3.63, 3.8) is 0 Å². The lowest BCUT2D eigenvalue weighted by Gasteiger charge is -2.39. The molecule has 2 N–H and O–H groups in total. The van der Waals surface area contributed by atoms with Gasteiger partial charge in [0.15, 0.2) is 5.96 Å². The number of hydrogen-bond acceptors (Lipinski definition) is 5. The first-order valence-electron chi connectivity index (χ1n) is 10.6. The first-order valence-corrected chi connectivity index (χ1v) is 10.6. The quantitative estimate of drug-likeness (QED) is 0.282. The average Bonchev–Trinajstić information content (AvgIpc) is 2.74. The third-order valence-electron chi connectivity index (χ3n) is 5.36. The minimum absolute atomic E-state index is 0. The highest BCUT2D eigenvalue weighted by molar-refractivity contribution is 14.0. The SMILES string of the molecule is CCOc1cc(CNC(=NC)NCC(C(CC)CC)N2CCOCC2)ccn1.I. The first-order chi connectivity index (χ1) is 13.7. The molecule has 166 valence electrons. The van der Waals surface area contributed by atoms with Gasteiger partial charge in [0, 0.05) is 51.5 Å². The van der Waals surface area contributed by atoms with Gasteiger partial charge in [0.1, 0.15) is 0 Å². The van der Waals surface area contributed by atoms with Crippen molar-refractivity contribution in [3.8, 4) is 5.88 Å². The molecule has 1 unspecified atom stereocenters. The van der Waals surface area contributed by atoms with E-state index in [2.05, 4.69) is 39.4 Å². The molecule has 0 radical (unpaired) electrons. The van der Waals surface area contributed by atoms with E-state index in [4.69, 9.17) is 9.47 Å². The van der Waals surface area contributed by atoms with E-state index in [1.54, 1.807) is 6.20 Å². The summed E-state index contributed by atoms with van der Waals surface area (Å²) in [6, 6.07) is 4.44. The van der Waals surface area contributed by atoms with Gasteiger partial charge in [-0.1, -0.05) is 26.7 Å². The molecule has 0 amide bonds.